The molecule has 2 bridgehead atoms. The van der Waals surface area contributed by atoms with Gasteiger partial charge in [0.25, 0.3) is 0 Å². The van der Waals surface area contributed by atoms with E-state index >= 15 is 0 Å². The number of carbonyl (C=O) groups excluding carboxylic acids is 1. The molecule has 4 rings (SSSR count). The Hall–Kier alpha value is -2.84. The molecule has 2 fully saturated rings. The number of aromatic nitrogens is 2. The second-order valence-corrected chi connectivity index (χ2v) is 8.14. The highest BCUT2D eigenvalue weighted by Gasteiger charge is 2.48. The van der Waals surface area contributed by atoms with Crippen LogP contribution in [0.15, 0.2) is 35.2 Å². The first kappa shape index (κ1) is 20.4. The molecule has 0 spiro atoms. The van der Waals surface area contributed by atoms with Crippen molar-refractivity contribution < 1.29 is 13.6 Å². The minimum absolute atomic E-state index is 0.0369. The summed E-state index contributed by atoms with van der Waals surface area (Å²) < 4.78 is 27.2. The summed E-state index contributed by atoms with van der Waals surface area (Å²) in [6, 6.07) is 1.82. The predicted molar refractivity (Wildman–Crippen MR) is 111 cm³/mol. The number of fused-ring (bicyclic) bond motifs is 2. The van der Waals surface area contributed by atoms with Crippen molar-refractivity contribution in [1.82, 2.24) is 14.9 Å². The van der Waals surface area contributed by atoms with Crippen molar-refractivity contribution in [2.24, 2.45) is 16.6 Å². The van der Waals surface area contributed by atoms with Crippen molar-refractivity contribution >= 4 is 23.6 Å². The topological polar surface area (TPSA) is 96.5 Å². The number of hydrogen-bond acceptors (Lipinski definition) is 6. The van der Waals surface area contributed by atoms with Crippen molar-refractivity contribution in [3.05, 3.63) is 35.9 Å². The zero-order valence-corrected chi connectivity index (χ0v) is 16.9. The number of carbonyl (C=O) groups is 1. The van der Waals surface area contributed by atoms with Crippen molar-refractivity contribution in [3.8, 4) is 0 Å². The Kier molecular flexibility index (Phi) is 5.53. The van der Waals surface area contributed by atoms with Crippen LogP contribution in [0.5, 0.6) is 0 Å². The quantitative estimate of drug-likeness (QED) is 0.720. The molecular formula is C21H26F2N6O. The Morgan fingerprint density at radius 1 is 1.40 bits per heavy atom. The smallest absolute Gasteiger partial charge is 0.248 e. The number of alkyl halides is 2. The van der Waals surface area contributed by atoms with Crippen molar-refractivity contribution in [2.45, 2.75) is 56.5 Å². The molecular weight excluding hydrogens is 390 g/mol. The lowest BCUT2D eigenvalue weighted by Crippen LogP contribution is -2.45. The van der Waals surface area contributed by atoms with E-state index in [1.807, 2.05) is 11.0 Å². The van der Waals surface area contributed by atoms with Crippen LogP contribution in [0, 0.1) is 5.92 Å². The lowest BCUT2D eigenvalue weighted by molar-refractivity contribution is -0.138. The SMILES string of the molecule is CN=CC(=CN)Nc1nccc(C2=CC3CCC(C2)N3C(=O)C2CCC(F)(F)C2)n1. The maximum atomic E-state index is 13.6. The summed E-state index contributed by atoms with van der Waals surface area (Å²) in [6.45, 7) is 0. The number of aliphatic imine (C=N–C) groups is 1. The van der Waals surface area contributed by atoms with Crippen LogP contribution in [0.1, 0.15) is 44.2 Å². The second-order valence-electron chi connectivity index (χ2n) is 8.14. The molecule has 1 aromatic rings. The first-order chi connectivity index (χ1) is 14.4. The molecule has 3 unspecified atom stereocenters. The van der Waals surface area contributed by atoms with Gasteiger partial charge in [0.05, 0.1) is 17.4 Å². The molecule has 160 valence electrons. The molecule has 9 heteroatoms. The minimum atomic E-state index is -2.71. The number of allylic oxidation sites excluding steroid dienone is 1. The molecule has 2 aliphatic heterocycles. The summed E-state index contributed by atoms with van der Waals surface area (Å²) in [6.07, 6.45) is 8.86. The van der Waals surface area contributed by atoms with Crippen molar-refractivity contribution in [2.75, 3.05) is 12.4 Å². The Morgan fingerprint density at radius 2 is 2.23 bits per heavy atom. The van der Waals surface area contributed by atoms with Gasteiger partial charge in [-0.3, -0.25) is 9.79 Å². The maximum absolute atomic E-state index is 13.6. The molecule has 1 saturated carbocycles. The Bertz CT molecular complexity index is 913. The zero-order valence-electron chi connectivity index (χ0n) is 16.9. The molecule has 1 amide bonds. The molecule has 1 aliphatic carbocycles. The van der Waals surface area contributed by atoms with Crippen LogP contribution in [-0.4, -0.2) is 52.0 Å². The van der Waals surface area contributed by atoms with E-state index in [9.17, 15) is 13.6 Å². The number of anilines is 1. The van der Waals surface area contributed by atoms with Crippen LogP contribution in [0.4, 0.5) is 14.7 Å². The molecule has 1 aromatic heterocycles. The fourth-order valence-electron chi connectivity index (χ4n) is 4.72. The summed E-state index contributed by atoms with van der Waals surface area (Å²) in [5, 5.41) is 3.02. The van der Waals surface area contributed by atoms with Crippen LogP contribution in [0.3, 0.4) is 0 Å². The lowest BCUT2D eigenvalue weighted by Gasteiger charge is -2.35. The van der Waals surface area contributed by atoms with E-state index in [0.29, 0.717) is 18.1 Å². The van der Waals surface area contributed by atoms with Crippen LogP contribution in [0.25, 0.3) is 5.57 Å². The highest BCUT2D eigenvalue weighted by Crippen LogP contribution is 2.44. The van der Waals surface area contributed by atoms with Gasteiger partial charge in [0.2, 0.25) is 17.8 Å². The van der Waals surface area contributed by atoms with Crippen LogP contribution in [0.2, 0.25) is 0 Å². The highest BCUT2D eigenvalue weighted by atomic mass is 19.3. The van der Waals surface area contributed by atoms with Gasteiger partial charge in [0.1, 0.15) is 0 Å². The van der Waals surface area contributed by atoms with Gasteiger partial charge < -0.3 is 16.0 Å². The van der Waals surface area contributed by atoms with Gasteiger partial charge >= 0.3 is 0 Å². The standard InChI is InChI=1S/C21H26F2N6O/c1-25-12-15(11-24)27-20-26-7-5-18(28-20)14-8-16-2-3-17(9-14)29(16)19(30)13-4-6-21(22,23)10-13/h5,7-8,11-13,16-17H,2-4,6,9-10,24H2,1H3,(H,26,27,28). The van der Waals surface area contributed by atoms with E-state index < -0.39 is 11.8 Å². The van der Waals surface area contributed by atoms with Gasteiger partial charge in [0.15, 0.2) is 0 Å². The number of hydrogen-bond donors (Lipinski definition) is 2. The summed E-state index contributed by atoms with van der Waals surface area (Å²) in [5.74, 6) is -2.98. The fourth-order valence-corrected chi connectivity index (χ4v) is 4.72. The predicted octanol–water partition coefficient (Wildman–Crippen LogP) is 2.97. The van der Waals surface area contributed by atoms with Crippen LogP contribution in [-0.2, 0) is 4.79 Å². The number of nitrogens with zero attached hydrogens (tertiary/aromatic N) is 4. The van der Waals surface area contributed by atoms with Crippen molar-refractivity contribution in [1.29, 1.82) is 0 Å². The van der Waals surface area contributed by atoms with Gasteiger partial charge in [-0.2, -0.15) is 0 Å². The maximum Gasteiger partial charge on any atom is 0.248 e. The first-order valence-electron chi connectivity index (χ1n) is 10.3. The highest BCUT2D eigenvalue weighted by molar-refractivity contribution is 5.83. The van der Waals surface area contributed by atoms with Gasteiger partial charge in [-0.05, 0) is 37.3 Å². The third-order valence-corrected chi connectivity index (χ3v) is 6.09. The normalized spacial score (nSPS) is 28.1. The Morgan fingerprint density at radius 3 is 2.90 bits per heavy atom. The summed E-state index contributed by atoms with van der Waals surface area (Å²) in [7, 11) is 1.64. The molecule has 3 heterocycles. The second kappa shape index (κ2) is 8.12. The van der Waals surface area contributed by atoms with Gasteiger partial charge in [-0.25, -0.2) is 18.7 Å². The number of rotatable bonds is 5. The van der Waals surface area contributed by atoms with E-state index in [2.05, 4.69) is 26.4 Å². The molecule has 1 saturated heterocycles. The number of halogens is 2. The molecule has 0 aromatic carbocycles. The number of amides is 1. The molecule has 0 radical (unpaired) electrons. The number of nitrogens with one attached hydrogen (secondary N) is 1. The van der Waals surface area contributed by atoms with Crippen molar-refractivity contribution in [3.63, 3.8) is 0 Å². The molecule has 3 aliphatic rings. The van der Waals surface area contributed by atoms with E-state index in [4.69, 9.17) is 5.73 Å². The third-order valence-electron chi connectivity index (χ3n) is 6.09. The third kappa shape index (κ3) is 4.06. The molecule has 3 N–H and O–H groups in total. The molecule has 3 atom stereocenters. The summed E-state index contributed by atoms with van der Waals surface area (Å²) in [4.78, 5) is 27.5. The zero-order chi connectivity index (χ0) is 21.3. The Labute approximate surface area is 174 Å². The summed E-state index contributed by atoms with van der Waals surface area (Å²) >= 11 is 0. The monoisotopic (exact) mass is 416 g/mol. The van der Waals surface area contributed by atoms with E-state index in [-0.39, 0.29) is 37.3 Å². The number of nitrogens with two attached hydrogens (primary N) is 1. The lowest BCUT2D eigenvalue weighted by atomic mass is 9.96. The van der Waals surface area contributed by atoms with Crippen LogP contribution >= 0.6 is 0 Å². The molecule has 7 nitrogen and oxygen atoms in total. The van der Waals surface area contributed by atoms with Gasteiger partial charge in [-0.1, -0.05) is 6.08 Å². The van der Waals surface area contributed by atoms with E-state index in [0.717, 1.165) is 24.1 Å². The average Bonchev–Trinajstić information content (AvgIpc) is 3.22. The first-order valence-corrected chi connectivity index (χ1v) is 10.3. The average molecular weight is 416 g/mol. The molecule has 30 heavy (non-hydrogen) atoms. The minimum Gasteiger partial charge on any atom is -0.403 e. The van der Waals surface area contributed by atoms with E-state index in [1.165, 1.54) is 6.20 Å². The van der Waals surface area contributed by atoms with E-state index in [1.54, 1.807) is 19.5 Å². The van der Waals surface area contributed by atoms with Gasteiger partial charge in [-0.15, -0.1) is 0 Å². The summed E-state index contributed by atoms with van der Waals surface area (Å²) in [5.41, 5.74) is 8.00. The largest absolute Gasteiger partial charge is 0.403 e. The fraction of sp³-hybridized carbons (Fsp3) is 0.524. The van der Waals surface area contributed by atoms with Gasteiger partial charge in [0, 0.05) is 50.5 Å². The van der Waals surface area contributed by atoms with Crippen LogP contribution < -0.4 is 11.1 Å². The Balaban J connectivity index is 1.51.